The van der Waals surface area contributed by atoms with Crippen LogP contribution in [0.4, 0.5) is 0 Å². The van der Waals surface area contributed by atoms with Gasteiger partial charge in [0.05, 0.1) is 6.42 Å². The lowest BCUT2D eigenvalue weighted by Crippen LogP contribution is -2.35. The van der Waals surface area contributed by atoms with Crippen molar-refractivity contribution in [2.24, 2.45) is 5.92 Å². The third-order valence-electron chi connectivity index (χ3n) is 2.49. The van der Waals surface area contributed by atoms with Gasteiger partial charge in [0.2, 0.25) is 0 Å². The fraction of sp³-hybridized carbons (Fsp3) is 0.467. The molecule has 0 saturated heterocycles. The van der Waals surface area contributed by atoms with E-state index in [1.54, 1.807) is 20.8 Å². The molecule has 1 aromatic rings. The first kappa shape index (κ1) is 15.2. The fourth-order valence-electron chi connectivity index (χ4n) is 1.72. The van der Waals surface area contributed by atoms with Gasteiger partial charge < -0.3 is 14.6 Å². The molecule has 0 unspecified atom stereocenters. The number of carbonyl (C=O) groups excluding carboxylic acids is 2. The molecule has 0 heterocycles. The van der Waals surface area contributed by atoms with Crippen LogP contribution in [0.15, 0.2) is 30.3 Å². The molecule has 0 saturated carbocycles. The molecule has 104 valence electrons. The quantitative estimate of drug-likeness (QED) is 0.752. The molecule has 1 rings (SSSR count). The first-order chi connectivity index (χ1) is 8.78. The van der Waals surface area contributed by atoms with Crippen molar-refractivity contribution < 1.29 is 19.4 Å². The Morgan fingerprint density at radius 3 is 2.26 bits per heavy atom. The van der Waals surface area contributed by atoms with Gasteiger partial charge in [0.25, 0.3) is 0 Å². The molecule has 1 aromatic carbocycles. The maximum atomic E-state index is 11.7. The molecule has 4 heteroatoms. The van der Waals surface area contributed by atoms with E-state index in [1.807, 2.05) is 30.3 Å². The zero-order valence-corrected chi connectivity index (χ0v) is 11.5. The van der Waals surface area contributed by atoms with Crippen molar-refractivity contribution in [3.8, 4) is 0 Å². The minimum atomic E-state index is -1.23. The molecule has 0 aliphatic heterocycles. The second-order valence-electron chi connectivity index (χ2n) is 5.50. The van der Waals surface area contributed by atoms with E-state index in [9.17, 15) is 14.7 Å². The highest BCUT2D eigenvalue weighted by molar-refractivity contribution is 5.78. The smallest absolute Gasteiger partial charge is 0.306 e. The molecule has 1 atom stereocenters. The number of aliphatic carboxylic acids is 1. The van der Waals surface area contributed by atoms with E-state index in [-0.39, 0.29) is 12.8 Å². The number of hydrogen-bond acceptors (Lipinski definition) is 4. The summed E-state index contributed by atoms with van der Waals surface area (Å²) in [4.78, 5) is 22.7. The monoisotopic (exact) mass is 263 g/mol. The number of esters is 1. The lowest BCUT2D eigenvalue weighted by atomic mass is 9.96. The van der Waals surface area contributed by atoms with Crippen LogP contribution < -0.4 is 5.11 Å². The van der Waals surface area contributed by atoms with Crippen LogP contribution in [0, 0.1) is 5.92 Å². The van der Waals surface area contributed by atoms with Gasteiger partial charge in [-0.3, -0.25) is 4.79 Å². The Bertz CT molecular complexity index is 431. The molecule has 0 amide bonds. The van der Waals surface area contributed by atoms with Crippen molar-refractivity contribution in [1.82, 2.24) is 0 Å². The molecular weight excluding hydrogens is 244 g/mol. The van der Waals surface area contributed by atoms with Crippen LogP contribution in [-0.4, -0.2) is 17.5 Å². The van der Waals surface area contributed by atoms with Crippen molar-refractivity contribution in [3.05, 3.63) is 35.9 Å². The number of hydrogen-bond donors (Lipinski definition) is 0. The van der Waals surface area contributed by atoms with Gasteiger partial charge in [-0.1, -0.05) is 30.3 Å². The normalized spacial score (nSPS) is 12.8. The summed E-state index contributed by atoms with van der Waals surface area (Å²) in [6, 6.07) is 9.16. The molecule has 0 radical (unpaired) electrons. The van der Waals surface area contributed by atoms with Crippen molar-refractivity contribution >= 4 is 11.9 Å². The zero-order valence-electron chi connectivity index (χ0n) is 11.5. The predicted octanol–water partition coefficient (Wildman–Crippen LogP) is 1.33. The Hall–Kier alpha value is -1.84. The van der Waals surface area contributed by atoms with Crippen LogP contribution in [0.1, 0.15) is 32.8 Å². The number of carboxylic acid groups (broad SMARTS) is 1. The molecule has 0 fully saturated rings. The Morgan fingerprint density at radius 1 is 1.21 bits per heavy atom. The summed E-state index contributed by atoms with van der Waals surface area (Å²) in [5.41, 5.74) is 0.251. The molecule has 4 nitrogen and oxygen atoms in total. The molecule has 19 heavy (non-hydrogen) atoms. The SMILES string of the molecule is CC(C)(C)OC(=O)C[C@@H](Cc1ccccc1)C(=O)[O-]. The molecular formula is C15H19O4-. The minimum Gasteiger partial charge on any atom is -0.550 e. The van der Waals surface area contributed by atoms with Crippen LogP contribution in [0.3, 0.4) is 0 Å². The highest BCUT2D eigenvalue weighted by Crippen LogP contribution is 2.15. The van der Waals surface area contributed by atoms with Gasteiger partial charge in [0, 0.05) is 11.9 Å². The highest BCUT2D eigenvalue weighted by atomic mass is 16.6. The van der Waals surface area contributed by atoms with Crippen LogP contribution >= 0.6 is 0 Å². The van der Waals surface area contributed by atoms with Crippen molar-refractivity contribution in [3.63, 3.8) is 0 Å². The standard InChI is InChI=1S/C15H20O4/c1-15(2,3)19-13(16)10-12(14(17)18)9-11-7-5-4-6-8-11/h4-8,12H,9-10H2,1-3H3,(H,17,18)/p-1/t12-/m1/s1. The van der Waals surface area contributed by atoms with Crippen LogP contribution in [0.5, 0.6) is 0 Å². The van der Waals surface area contributed by atoms with Crippen molar-refractivity contribution in [1.29, 1.82) is 0 Å². The zero-order chi connectivity index (χ0) is 14.5. The Labute approximate surface area is 113 Å². The Morgan fingerprint density at radius 2 is 1.79 bits per heavy atom. The summed E-state index contributed by atoms with van der Waals surface area (Å²) in [6.45, 7) is 5.24. The maximum Gasteiger partial charge on any atom is 0.306 e. The summed E-state index contributed by atoms with van der Waals surface area (Å²) in [5, 5.41) is 11.1. The number of carbonyl (C=O) groups is 2. The Kier molecular flexibility index (Phi) is 5.10. The predicted molar refractivity (Wildman–Crippen MR) is 69.1 cm³/mol. The summed E-state index contributed by atoms with van der Waals surface area (Å²) in [5.74, 6) is -2.61. The second kappa shape index (κ2) is 6.36. The van der Waals surface area contributed by atoms with E-state index >= 15 is 0 Å². The summed E-state index contributed by atoms with van der Waals surface area (Å²) < 4.78 is 5.13. The van der Waals surface area contributed by atoms with Gasteiger partial charge in [-0.05, 0) is 32.8 Å². The Balaban J connectivity index is 2.64. The summed E-state index contributed by atoms with van der Waals surface area (Å²) in [6.07, 6.45) is 0.0942. The van der Waals surface area contributed by atoms with Gasteiger partial charge in [0.15, 0.2) is 0 Å². The maximum absolute atomic E-state index is 11.7. The fourth-order valence-corrected chi connectivity index (χ4v) is 1.72. The largest absolute Gasteiger partial charge is 0.550 e. The molecule has 0 N–H and O–H groups in total. The number of benzene rings is 1. The molecule has 0 aromatic heterocycles. The summed E-state index contributed by atoms with van der Waals surface area (Å²) in [7, 11) is 0. The van der Waals surface area contributed by atoms with E-state index in [0.29, 0.717) is 0 Å². The molecule has 0 spiro atoms. The first-order valence-electron chi connectivity index (χ1n) is 6.24. The second-order valence-corrected chi connectivity index (χ2v) is 5.50. The van der Waals surface area contributed by atoms with Gasteiger partial charge in [-0.2, -0.15) is 0 Å². The lowest BCUT2D eigenvalue weighted by molar-refractivity contribution is -0.311. The van der Waals surface area contributed by atoms with Crippen molar-refractivity contribution in [2.75, 3.05) is 0 Å². The lowest BCUT2D eigenvalue weighted by Gasteiger charge is -2.22. The minimum absolute atomic E-state index is 0.172. The van der Waals surface area contributed by atoms with E-state index in [4.69, 9.17) is 4.74 Å². The molecule has 0 aliphatic carbocycles. The van der Waals surface area contributed by atoms with E-state index in [2.05, 4.69) is 0 Å². The highest BCUT2D eigenvalue weighted by Gasteiger charge is 2.21. The topological polar surface area (TPSA) is 66.4 Å². The van der Waals surface area contributed by atoms with Gasteiger partial charge >= 0.3 is 5.97 Å². The van der Waals surface area contributed by atoms with Crippen LogP contribution in [-0.2, 0) is 20.7 Å². The number of ether oxygens (including phenoxy) is 1. The van der Waals surface area contributed by atoms with E-state index in [1.165, 1.54) is 0 Å². The van der Waals surface area contributed by atoms with Crippen LogP contribution in [0.25, 0.3) is 0 Å². The van der Waals surface area contributed by atoms with Gasteiger partial charge in [-0.25, -0.2) is 0 Å². The molecule has 0 aliphatic rings. The van der Waals surface area contributed by atoms with Crippen molar-refractivity contribution in [2.45, 2.75) is 39.2 Å². The molecule has 0 bridgehead atoms. The summed E-state index contributed by atoms with van der Waals surface area (Å²) >= 11 is 0. The van der Waals surface area contributed by atoms with E-state index in [0.717, 1.165) is 5.56 Å². The average molecular weight is 263 g/mol. The van der Waals surface area contributed by atoms with Gasteiger partial charge in [-0.15, -0.1) is 0 Å². The number of carboxylic acids is 1. The third kappa shape index (κ3) is 6.04. The van der Waals surface area contributed by atoms with Gasteiger partial charge in [0.1, 0.15) is 5.60 Å². The third-order valence-corrected chi connectivity index (χ3v) is 2.49. The number of rotatable bonds is 5. The van der Waals surface area contributed by atoms with E-state index < -0.39 is 23.5 Å². The average Bonchev–Trinajstić information content (AvgIpc) is 2.26. The first-order valence-corrected chi connectivity index (χ1v) is 6.24. The van der Waals surface area contributed by atoms with Crippen LogP contribution in [0.2, 0.25) is 0 Å².